The highest BCUT2D eigenvalue weighted by Crippen LogP contribution is 2.32. The molecule has 4 heteroatoms. The predicted octanol–water partition coefficient (Wildman–Crippen LogP) is 1.11. The monoisotopic (exact) mass is 241 g/mol. The van der Waals surface area contributed by atoms with E-state index in [2.05, 4.69) is 17.1 Å². The van der Waals surface area contributed by atoms with Crippen LogP contribution < -0.4 is 11.1 Å². The SMILES string of the molecule is CCCN(CC(=O)NC)C1(CN)CCCCC1. The van der Waals surface area contributed by atoms with Crippen molar-refractivity contribution in [1.29, 1.82) is 0 Å². The molecule has 0 aromatic rings. The van der Waals surface area contributed by atoms with Gasteiger partial charge in [-0.25, -0.2) is 0 Å². The van der Waals surface area contributed by atoms with E-state index < -0.39 is 0 Å². The van der Waals surface area contributed by atoms with Crippen molar-refractivity contribution < 1.29 is 4.79 Å². The number of likely N-dealkylation sites (N-methyl/N-ethyl adjacent to an activating group) is 1. The Morgan fingerprint density at radius 1 is 1.35 bits per heavy atom. The third-order valence-corrected chi connectivity index (χ3v) is 3.94. The number of hydrogen-bond donors (Lipinski definition) is 2. The van der Waals surface area contributed by atoms with Crippen molar-refractivity contribution in [2.45, 2.75) is 51.0 Å². The van der Waals surface area contributed by atoms with E-state index in [1.807, 2.05) is 0 Å². The fourth-order valence-corrected chi connectivity index (χ4v) is 2.87. The van der Waals surface area contributed by atoms with Crippen LogP contribution in [-0.4, -0.2) is 43.0 Å². The van der Waals surface area contributed by atoms with Crippen molar-refractivity contribution in [3.63, 3.8) is 0 Å². The molecule has 0 bridgehead atoms. The van der Waals surface area contributed by atoms with Crippen LogP contribution in [0.3, 0.4) is 0 Å². The summed E-state index contributed by atoms with van der Waals surface area (Å²) < 4.78 is 0. The van der Waals surface area contributed by atoms with Crippen molar-refractivity contribution in [3.8, 4) is 0 Å². The van der Waals surface area contributed by atoms with Crippen LogP contribution >= 0.6 is 0 Å². The molecule has 1 fully saturated rings. The summed E-state index contributed by atoms with van der Waals surface area (Å²) in [6, 6.07) is 0. The molecule has 0 unspecified atom stereocenters. The van der Waals surface area contributed by atoms with Crippen LogP contribution in [0.4, 0.5) is 0 Å². The van der Waals surface area contributed by atoms with Crippen molar-refractivity contribution in [3.05, 3.63) is 0 Å². The second-order valence-electron chi connectivity index (χ2n) is 5.08. The van der Waals surface area contributed by atoms with Gasteiger partial charge >= 0.3 is 0 Å². The molecule has 0 aromatic heterocycles. The summed E-state index contributed by atoms with van der Waals surface area (Å²) in [5, 5.41) is 2.71. The Morgan fingerprint density at radius 3 is 2.47 bits per heavy atom. The number of amides is 1. The fourth-order valence-electron chi connectivity index (χ4n) is 2.87. The van der Waals surface area contributed by atoms with Gasteiger partial charge < -0.3 is 11.1 Å². The van der Waals surface area contributed by atoms with Gasteiger partial charge in [-0.1, -0.05) is 26.2 Å². The van der Waals surface area contributed by atoms with Crippen molar-refractivity contribution in [2.24, 2.45) is 5.73 Å². The number of rotatable bonds is 6. The molecule has 3 N–H and O–H groups in total. The average molecular weight is 241 g/mol. The Morgan fingerprint density at radius 2 is 2.00 bits per heavy atom. The lowest BCUT2D eigenvalue weighted by molar-refractivity contribution is -0.123. The second kappa shape index (κ2) is 6.97. The molecule has 0 aliphatic heterocycles. The topological polar surface area (TPSA) is 58.4 Å². The minimum Gasteiger partial charge on any atom is -0.358 e. The second-order valence-corrected chi connectivity index (χ2v) is 5.08. The zero-order valence-corrected chi connectivity index (χ0v) is 11.3. The maximum atomic E-state index is 11.6. The van der Waals surface area contributed by atoms with Crippen LogP contribution in [-0.2, 0) is 4.79 Å². The van der Waals surface area contributed by atoms with E-state index >= 15 is 0 Å². The lowest BCUT2D eigenvalue weighted by atomic mass is 9.80. The van der Waals surface area contributed by atoms with Gasteiger partial charge in [0, 0.05) is 19.1 Å². The van der Waals surface area contributed by atoms with Gasteiger partial charge in [-0.05, 0) is 25.8 Å². The van der Waals surface area contributed by atoms with Crippen molar-refractivity contribution >= 4 is 5.91 Å². The lowest BCUT2D eigenvalue weighted by Crippen LogP contribution is -2.57. The largest absolute Gasteiger partial charge is 0.358 e. The molecule has 4 nitrogen and oxygen atoms in total. The molecule has 100 valence electrons. The molecule has 17 heavy (non-hydrogen) atoms. The highest BCUT2D eigenvalue weighted by atomic mass is 16.1. The molecule has 0 heterocycles. The van der Waals surface area contributed by atoms with E-state index in [0.717, 1.165) is 25.8 Å². The van der Waals surface area contributed by atoms with Crippen molar-refractivity contribution in [2.75, 3.05) is 26.7 Å². The molecule has 0 radical (unpaired) electrons. The van der Waals surface area contributed by atoms with Gasteiger partial charge in [0.05, 0.1) is 6.54 Å². The van der Waals surface area contributed by atoms with Gasteiger partial charge in [0.1, 0.15) is 0 Å². The number of nitrogens with two attached hydrogens (primary N) is 1. The zero-order valence-electron chi connectivity index (χ0n) is 11.3. The first kappa shape index (κ1) is 14.5. The van der Waals surface area contributed by atoms with Gasteiger partial charge in [-0.3, -0.25) is 9.69 Å². The highest BCUT2D eigenvalue weighted by molar-refractivity contribution is 5.77. The van der Waals surface area contributed by atoms with E-state index in [-0.39, 0.29) is 11.4 Å². The quantitative estimate of drug-likeness (QED) is 0.732. The Balaban J connectivity index is 2.73. The van der Waals surface area contributed by atoms with Crippen LogP contribution in [0.2, 0.25) is 0 Å². The Bertz CT molecular complexity index is 237. The smallest absolute Gasteiger partial charge is 0.233 e. The summed E-state index contributed by atoms with van der Waals surface area (Å²) in [7, 11) is 1.70. The Kier molecular flexibility index (Phi) is 5.92. The molecule has 0 atom stereocenters. The number of carbonyl (C=O) groups is 1. The number of nitrogens with zero attached hydrogens (tertiary/aromatic N) is 1. The summed E-state index contributed by atoms with van der Waals surface area (Å²) in [6.07, 6.45) is 7.14. The summed E-state index contributed by atoms with van der Waals surface area (Å²) >= 11 is 0. The lowest BCUT2D eigenvalue weighted by Gasteiger charge is -2.45. The van der Waals surface area contributed by atoms with Crippen LogP contribution in [0.15, 0.2) is 0 Å². The first-order valence-corrected chi connectivity index (χ1v) is 6.84. The minimum atomic E-state index is 0.0702. The molecule has 1 amide bonds. The van der Waals surface area contributed by atoms with Crippen molar-refractivity contribution in [1.82, 2.24) is 10.2 Å². The first-order chi connectivity index (χ1) is 8.18. The Hall–Kier alpha value is -0.610. The molecule has 0 spiro atoms. The average Bonchev–Trinajstić information content (AvgIpc) is 2.38. The minimum absolute atomic E-state index is 0.0702. The summed E-state index contributed by atoms with van der Waals surface area (Å²) in [5.41, 5.74) is 6.08. The van der Waals surface area contributed by atoms with E-state index in [9.17, 15) is 4.79 Å². The zero-order chi connectivity index (χ0) is 12.7. The maximum absolute atomic E-state index is 11.6. The summed E-state index contributed by atoms with van der Waals surface area (Å²) in [4.78, 5) is 13.9. The van der Waals surface area contributed by atoms with Crippen LogP contribution in [0.25, 0.3) is 0 Å². The van der Waals surface area contributed by atoms with Gasteiger partial charge in [0.15, 0.2) is 0 Å². The molecule has 0 saturated heterocycles. The van der Waals surface area contributed by atoms with Gasteiger partial charge in [0.25, 0.3) is 0 Å². The van der Waals surface area contributed by atoms with E-state index in [1.54, 1.807) is 7.05 Å². The van der Waals surface area contributed by atoms with E-state index in [0.29, 0.717) is 13.1 Å². The summed E-state index contributed by atoms with van der Waals surface area (Å²) in [5.74, 6) is 0.0943. The number of hydrogen-bond acceptors (Lipinski definition) is 3. The molecule has 1 saturated carbocycles. The van der Waals surface area contributed by atoms with Crippen LogP contribution in [0.5, 0.6) is 0 Å². The van der Waals surface area contributed by atoms with E-state index in [4.69, 9.17) is 5.73 Å². The molecular formula is C13H27N3O. The number of carbonyl (C=O) groups excluding carboxylic acids is 1. The summed E-state index contributed by atoms with van der Waals surface area (Å²) in [6.45, 7) is 4.28. The van der Waals surface area contributed by atoms with Gasteiger partial charge in [-0.2, -0.15) is 0 Å². The first-order valence-electron chi connectivity index (χ1n) is 6.84. The third-order valence-electron chi connectivity index (χ3n) is 3.94. The molecule has 1 aliphatic carbocycles. The molecular weight excluding hydrogens is 214 g/mol. The number of nitrogens with one attached hydrogen (secondary N) is 1. The molecule has 1 rings (SSSR count). The highest BCUT2D eigenvalue weighted by Gasteiger charge is 2.36. The fraction of sp³-hybridized carbons (Fsp3) is 0.923. The van der Waals surface area contributed by atoms with Gasteiger partial charge in [-0.15, -0.1) is 0 Å². The third kappa shape index (κ3) is 3.68. The predicted molar refractivity (Wildman–Crippen MR) is 70.8 cm³/mol. The van der Waals surface area contributed by atoms with Gasteiger partial charge in [0.2, 0.25) is 5.91 Å². The standard InChI is InChI=1S/C13H27N3O/c1-3-9-16(10-12(17)15-2)13(11-14)7-5-4-6-8-13/h3-11,14H2,1-2H3,(H,15,17). The molecule has 0 aromatic carbocycles. The normalized spacial score (nSPS) is 19.3. The Labute approximate surface area is 105 Å². The maximum Gasteiger partial charge on any atom is 0.233 e. The van der Waals surface area contributed by atoms with E-state index in [1.165, 1.54) is 19.3 Å². The van der Waals surface area contributed by atoms with Crippen LogP contribution in [0, 0.1) is 0 Å². The van der Waals surface area contributed by atoms with Crippen LogP contribution in [0.1, 0.15) is 45.4 Å². The molecule has 1 aliphatic rings.